The molecule has 1 unspecified atom stereocenters. The molecule has 6 nitrogen and oxygen atoms in total. The molecule has 0 radical (unpaired) electrons. The molecule has 1 aromatic heterocycles. The van der Waals surface area contributed by atoms with E-state index in [-0.39, 0.29) is 11.7 Å². The first kappa shape index (κ1) is 12.6. The Labute approximate surface area is 122 Å². The first-order chi connectivity index (χ1) is 10.1. The fraction of sp³-hybridized carbons (Fsp3) is 0.467. The van der Waals surface area contributed by atoms with Crippen LogP contribution in [0.1, 0.15) is 23.3 Å². The quantitative estimate of drug-likeness (QED) is 0.826. The van der Waals surface area contributed by atoms with E-state index in [0.29, 0.717) is 23.2 Å². The highest BCUT2D eigenvalue weighted by molar-refractivity contribution is 6.05. The van der Waals surface area contributed by atoms with Crippen molar-refractivity contribution in [1.29, 1.82) is 0 Å². The van der Waals surface area contributed by atoms with Crippen molar-refractivity contribution < 1.29 is 9.90 Å². The number of carbonyl (C=O) groups excluding carboxylic acids is 1. The summed E-state index contributed by atoms with van der Waals surface area (Å²) >= 11 is 0. The maximum atomic E-state index is 12.7. The highest BCUT2D eigenvalue weighted by Gasteiger charge is 2.46. The smallest absolute Gasteiger partial charge is 0.275 e. The van der Waals surface area contributed by atoms with Crippen LogP contribution in [0, 0.1) is 0 Å². The van der Waals surface area contributed by atoms with Crippen molar-refractivity contribution in [1.82, 2.24) is 20.0 Å². The summed E-state index contributed by atoms with van der Waals surface area (Å²) < 4.78 is 0. The molecule has 21 heavy (non-hydrogen) atoms. The van der Waals surface area contributed by atoms with E-state index >= 15 is 0 Å². The van der Waals surface area contributed by atoms with E-state index in [4.69, 9.17) is 0 Å². The van der Waals surface area contributed by atoms with Crippen LogP contribution in [0.2, 0.25) is 0 Å². The summed E-state index contributed by atoms with van der Waals surface area (Å²) in [6.07, 6.45) is 2.19. The van der Waals surface area contributed by atoms with Crippen LogP contribution >= 0.6 is 0 Å². The van der Waals surface area contributed by atoms with Crippen LogP contribution in [0.4, 0.5) is 0 Å². The Kier molecular flexibility index (Phi) is 2.68. The summed E-state index contributed by atoms with van der Waals surface area (Å²) in [5.41, 5.74) is 1.18. The zero-order chi connectivity index (χ0) is 14.6. The van der Waals surface area contributed by atoms with Crippen molar-refractivity contribution in [3.8, 4) is 5.75 Å². The number of nitrogens with one attached hydrogen (secondary N) is 1. The predicted octanol–water partition coefficient (Wildman–Crippen LogP) is 1.19. The molecule has 2 aliphatic rings. The Hall–Kier alpha value is -2.08. The van der Waals surface area contributed by atoms with Crippen molar-refractivity contribution >= 4 is 16.8 Å². The molecule has 2 aliphatic heterocycles. The van der Waals surface area contributed by atoms with Gasteiger partial charge in [0.2, 0.25) is 0 Å². The van der Waals surface area contributed by atoms with E-state index in [1.165, 1.54) is 0 Å². The van der Waals surface area contributed by atoms with Crippen LogP contribution in [0.25, 0.3) is 10.9 Å². The van der Waals surface area contributed by atoms with Gasteiger partial charge in [-0.1, -0.05) is 0 Å². The van der Waals surface area contributed by atoms with Gasteiger partial charge in [0.25, 0.3) is 5.91 Å². The zero-order valence-electron chi connectivity index (χ0n) is 11.9. The van der Waals surface area contributed by atoms with Crippen LogP contribution in [0.3, 0.4) is 0 Å². The molecule has 2 atom stereocenters. The molecule has 0 spiro atoms. The Morgan fingerprint density at radius 1 is 1.43 bits per heavy atom. The first-order valence-electron chi connectivity index (χ1n) is 7.33. The lowest BCUT2D eigenvalue weighted by Crippen LogP contribution is -2.69. The standard InChI is InChI=1S/C15H18N4O2/c1-18-6-2-3-12-13(18)8-19(12)15(21)14-10-7-9(20)4-5-11(10)16-17-14/h4-5,7,12-13,20H,2-3,6,8H2,1H3,(H,16,17)/t12?,13-/m1/s1. The summed E-state index contributed by atoms with van der Waals surface area (Å²) in [6.45, 7) is 1.88. The Morgan fingerprint density at radius 3 is 3.14 bits per heavy atom. The number of piperidine rings is 1. The second-order valence-electron chi connectivity index (χ2n) is 6.02. The lowest BCUT2D eigenvalue weighted by atomic mass is 9.86. The molecule has 2 saturated heterocycles. The Bertz CT molecular complexity index is 711. The highest BCUT2D eigenvalue weighted by Crippen LogP contribution is 2.33. The number of phenols is 1. The van der Waals surface area contributed by atoms with Crippen LogP contribution < -0.4 is 0 Å². The van der Waals surface area contributed by atoms with E-state index < -0.39 is 0 Å². The number of nitrogens with zero attached hydrogens (tertiary/aromatic N) is 3. The van der Waals surface area contributed by atoms with Crippen molar-refractivity contribution in [2.75, 3.05) is 20.1 Å². The predicted molar refractivity (Wildman–Crippen MR) is 78.2 cm³/mol. The largest absolute Gasteiger partial charge is 0.508 e. The molecule has 0 aliphatic carbocycles. The minimum Gasteiger partial charge on any atom is -0.508 e. The second-order valence-corrected chi connectivity index (χ2v) is 6.02. The van der Waals surface area contributed by atoms with E-state index in [9.17, 15) is 9.90 Å². The normalized spacial score (nSPS) is 25.7. The first-order valence-corrected chi connectivity index (χ1v) is 7.33. The van der Waals surface area contributed by atoms with E-state index in [0.717, 1.165) is 31.4 Å². The number of amides is 1. The van der Waals surface area contributed by atoms with Gasteiger partial charge in [0.05, 0.1) is 5.52 Å². The number of hydrogen-bond donors (Lipinski definition) is 2. The summed E-state index contributed by atoms with van der Waals surface area (Å²) in [5.74, 6) is 0.111. The molecule has 1 amide bonds. The number of carbonyl (C=O) groups is 1. The number of likely N-dealkylation sites (tertiary alicyclic amines) is 2. The minimum atomic E-state index is -0.0385. The average molecular weight is 286 g/mol. The van der Waals surface area contributed by atoms with E-state index in [2.05, 4.69) is 22.1 Å². The topological polar surface area (TPSA) is 72.5 Å². The van der Waals surface area contributed by atoms with Gasteiger partial charge in [-0.2, -0.15) is 5.10 Å². The van der Waals surface area contributed by atoms with Crippen molar-refractivity contribution in [2.45, 2.75) is 24.9 Å². The van der Waals surface area contributed by atoms with Crippen LogP contribution in [0.15, 0.2) is 18.2 Å². The maximum Gasteiger partial charge on any atom is 0.275 e. The lowest BCUT2D eigenvalue weighted by molar-refractivity contribution is -0.0313. The number of hydrogen-bond acceptors (Lipinski definition) is 4. The van der Waals surface area contributed by atoms with Crippen LogP contribution in [-0.4, -0.2) is 63.2 Å². The molecule has 0 bridgehead atoms. The number of aromatic nitrogens is 2. The van der Waals surface area contributed by atoms with Crippen LogP contribution in [-0.2, 0) is 0 Å². The average Bonchev–Trinajstić information content (AvgIpc) is 2.84. The number of aromatic hydroxyl groups is 1. The maximum absolute atomic E-state index is 12.7. The van der Waals surface area contributed by atoms with Crippen molar-refractivity contribution in [3.63, 3.8) is 0 Å². The van der Waals surface area contributed by atoms with Gasteiger partial charge in [0.1, 0.15) is 5.75 Å². The van der Waals surface area contributed by atoms with Crippen LogP contribution in [0.5, 0.6) is 5.75 Å². The third-order valence-corrected chi connectivity index (χ3v) is 4.81. The Morgan fingerprint density at radius 2 is 2.29 bits per heavy atom. The van der Waals surface area contributed by atoms with Gasteiger partial charge >= 0.3 is 0 Å². The molecule has 2 aromatic rings. The molecule has 4 rings (SSSR count). The molecular formula is C15H18N4O2. The molecular weight excluding hydrogens is 268 g/mol. The number of likely N-dealkylation sites (N-methyl/N-ethyl adjacent to an activating group) is 1. The van der Waals surface area contributed by atoms with Gasteiger partial charge in [-0.3, -0.25) is 14.8 Å². The van der Waals surface area contributed by atoms with Crippen molar-refractivity contribution in [3.05, 3.63) is 23.9 Å². The number of benzene rings is 1. The number of fused-ring (bicyclic) bond motifs is 2. The zero-order valence-corrected chi connectivity index (χ0v) is 11.9. The number of aromatic amines is 1. The number of H-pyrrole nitrogens is 1. The van der Waals surface area contributed by atoms with Gasteiger partial charge in [-0.05, 0) is 44.6 Å². The van der Waals surface area contributed by atoms with Gasteiger partial charge < -0.3 is 10.0 Å². The number of rotatable bonds is 1. The summed E-state index contributed by atoms with van der Waals surface area (Å²) in [4.78, 5) is 17.0. The molecule has 0 saturated carbocycles. The van der Waals surface area contributed by atoms with E-state index in [1.807, 2.05) is 4.90 Å². The number of phenolic OH excluding ortho intramolecular Hbond substituents is 1. The van der Waals surface area contributed by atoms with Gasteiger partial charge in [-0.15, -0.1) is 0 Å². The highest BCUT2D eigenvalue weighted by atomic mass is 16.3. The molecule has 1 aromatic carbocycles. The summed E-state index contributed by atoms with van der Waals surface area (Å²) in [6, 6.07) is 5.71. The molecule has 2 fully saturated rings. The lowest BCUT2D eigenvalue weighted by Gasteiger charge is -2.54. The monoisotopic (exact) mass is 286 g/mol. The Balaban J connectivity index is 1.64. The summed E-state index contributed by atoms with van der Waals surface area (Å²) in [7, 11) is 2.13. The fourth-order valence-corrected chi connectivity index (χ4v) is 3.56. The molecule has 110 valence electrons. The molecule has 6 heteroatoms. The molecule has 2 N–H and O–H groups in total. The summed E-state index contributed by atoms with van der Waals surface area (Å²) in [5, 5.41) is 17.3. The second kappa shape index (κ2) is 4.46. The van der Waals surface area contributed by atoms with Gasteiger partial charge in [0.15, 0.2) is 5.69 Å². The van der Waals surface area contributed by atoms with Crippen molar-refractivity contribution in [2.24, 2.45) is 0 Å². The minimum absolute atomic E-state index is 0.0385. The fourth-order valence-electron chi connectivity index (χ4n) is 3.56. The third-order valence-electron chi connectivity index (χ3n) is 4.81. The SMILES string of the molecule is CN1CCCC2[C@H]1CN2C(=O)c1n[nH]c2ccc(O)cc12. The third kappa shape index (κ3) is 1.82. The molecule has 3 heterocycles. The van der Waals surface area contributed by atoms with Gasteiger partial charge in [-0.25, -0.2) is 0 Å². The van der Waals surface area contributed by atoms with E-state index in [1.54, 1.807) is 18.2 Å². The van der Waals surface area contributed by atoms with Gasteiger partial charge in [0, 0.05) is 24.0 Å².